The Morgan fingerprint density at radius 1 is 1.21 bits per heavy atom. The van der Waals surface area contributed by atoms with Gasteiger partial charge in [-0.25, -0.2) is 4.79 Å². The third kappa shape index (κ3) is 2.98. The third-order valence-corrected chi connectivity index (χ3v) is 2.43. The summed E-state index contributed by atoms with van der Waals surface area (Å²) in [7, 11) is 1.30. The number of anilines is 1. The first-order valence-electron chi connectivity index (χ1n) is 5.53. The van der Waals surface area contributed by atoms with Crippen LogP contribution in [-0.2, 0) is 4.74 Å². The molecule has 0 fully saturated rings. The molecule has 6 nitrogen and oxygen atoms in total. The molecule has 0 aliphatic carbocycles. The standard InChI is InChI=1S/C13H12N2O4/c1-8-7-11(19-15-8)14-12(16)9-3-5-10(6-4-9)13(17)18-2/h3-7H,1-2H3,(H,14,16). The zero-order valence-corrected chi connectivity index (χ0v) is 10.5. The van der Waals surface area contributed by atoms with Crippen molar-refractivity contribution in [2.45, 2.75) is 6.92 Å². The van der Waals surface area contributed by atoms with Crippen LogP contribution in [0.3, 0.4) is 0 Å². The minimum Gasteiger partial charge on any atom is -0.465 e. The third-order valence-electron chi connectivity index (χ3n) is 2.43. The number of ether oxygens (including phenoxy) is 1. The highest BCUT2D eigenvalue weighted by Crippen LogP contribution is 2.11. The Bertz CT molecular complexity index is 601. The van der Waals surface area contributed by atoms with Gasteiger partial charge in [0.2, 0.25) is 5.88 Å². The minimum absolute atomic E-state index is 0.277. The second-order valence-corrected chi connectivity index (χ2v) is 3.86. The van der Waals surface area contributed by atoms with E-state index in [-0.39, 0.29) is 11.8 Å². The number of amides is 1. The number of benzene rings is 1. The molecule has 0 aliphatic rings. The van der Waals surface area contributed by atoms with Gasteiger partial charge in [-0.2, -0.15) is 0 Å². The van der Waals surface area contributed by atoms with Crippen LogP contribution in [0.15, 0.2) is 34.9 Å². The number of rotatable bonds is 3. The Morgan fingerprint density at radius 2 is 1.84 bits per heavy atom. The number of carbonyl (C=O) groups excluding carboxylic acids is 2. The van der Waals surface area contributed by atoms with E-state index in [0.29, 0.717) is 16.8 Å². The Kier molecular flexibility index (Phi) is 3.61. The van der Waals surface area contributed by atoms with Gasteiger partial charge >= 0.3 is 5.97 Å². The molecular weight excluding hydrogens is 248 g/mol. The molecule has 2 rings (SSSR count). The molecule has 0 saturated heterocycles. The maximum atomic E-state index is 11.9. The number of nitrogens with zero attached hydrogens (tertiary/aromatic N) is 1. The van der Waals surface area contributed by atoms with E-state index in [2.05, 4.69) is 15.2 Å². The van der Waals surface area contributed by atoms with Gasteiger partial charge < -0.3 is 9.26 Å². The lowest BCUT2D eigenvalue weighted by atomic mass is 10.1. The van der Waals surface area contributed by atoms with Crippen LogP contribution in [0.5, 0.6) is 0 Å². The number of nitrogens with one attached hydrogen (secondary N) is 1. The van der Waals surface area contributed by atoms with Crippen molar-refractivity contribution in [1.82, 2.24) is 5.16 Å². The van der Waals surface area contributed by atoms with Crippen molar-refractivity contribution in [3.8, 4) is 0 Å². The zero-order valence-electron chi connectivity index (χ0n) is 10.5. The Labute approximate surface area is 109 Å². The predicted molar refractivity (Wildman–Crippen MR) is 67.0 cm³/mol. The molecule has 1 heterocycles. The maximum Gasteiger partial charge on any atom is 0.337 e. The number of aromatic nitrogens is 1. The number of hydrogen-bond acceptors (Lipinski definition) is 5. The van der Waals surface area contributed by atoms with Crippen LogP contribution < -0.4 is 5.32 Å². The summed E-state index contributed by atoms with van der Waals surface area (Å²) in [6.45, 7) is 1.75. The molecule has 1 aromatic heterocycles. The Morgan fingerprint density at radius 3 is 2.37 bits per heavy atom. The molecule has 0 aliphatic heterocycles. The SMILES string of the molecule is COC(=O)c1ccc(C(=O)Nc2cc(C)no2)cc1. The van der Waals surface area contributed by atoms with Gasteiger partial charge in [-0.1, -0.05) is 5.16 Å². The van der Waals surface area contributed by atoms with E-state index >= 15 is 0 Å². The molecule has 0 saturated carbocycles. The topological polar surface area (TPSA) is 81.4 Å². The molecule has 2 aromatic rings. The fraction of sp³-hybridized carbons (Fsp3) is 0.154. The van der Waals surface area contributed by atoms with Crippen molar-refractivity contribution in [2.75, 3.05) is 12.4 Å². The lowest BCUT2D eigenvalue weighted by Crippen LogP contribution is -2.11. The summed E-state index contributed by atoms with van der Waals surface area (Å²) in [5.41, 5.74) is 1.47. The van der Waals surface area contributed by atoms with Gasteiger partial charge in [-0.05, 0) is 31.2 Å². The average molecular weight is 260 g/mol. The van der Waals surface area contributed by atoms with Crippen molar-refractivity contribution < 1.29 is 18.8 Å². The van der Waals surface area contributed by atoms with Gasteiger partial charge in [0.25, 0.3) is 5.91 Å². The summed E-state index contributed by atoms with van der Waals surface area (Å²) in [5.74, 6) is -0.509. The van der Waals surface area contributed by atoms with Crippen molar-refractivity contribution in [3.05, 3.63) is 47.2 Å². The number of hydrogen-bond donors (Lipinski definition) is 1. The number of methoxy groups -OCH3 is 1. The van der Waals surface area contributed by atoms with E-state index in [1.54, 1.807) is 13.0 Å². The quantitative estimate of drug-likeness (QED) is 0.854. The van der Waals surface area contributed by atoms with E-state index in [1.807, 2.05) is 0 Å². The number of aryl methyl sites for hydroxylation is 1. The molecule has 0 atom stereocenters. The monoisotopic (exact) mass is 260 g/mol. The Hall–Kier alpha value is -2.63. The van der Waals surface area contributed by atoms with Crippen LogP contribution in [0.25, 0.3) is 0 Å². The van der Waals surface area contributed by atoms with Crippen LogP contribution >= 0.6 is 0 Å². The molecule has 0 radical (unpaired) electrons. The van der Waals surface area contributed by atoms with Crippen LogP contribution in [0, 0.1) is 6.92 Å². The predicted octanol–water partition coefficient (Wildman–Crippen LogP) is 2.02. The second-order valence-electron chi connectivity index (χ2n) is 3.86. The summed E-state index contributed by atoms with van der Waals surface area (Å²) in [5, 5.41) is 6.22. The molecule has 0 unspecified atom stereocenters. The molecule has 1 N–H and O–H groups in total. The highest BCUT2D eigenvalue weighted by molar-refractivity contribution is 6.04. The second kappa shape index (κ2) is 5.34. The van der Waals surface area contributed by atoms with Crippen LogP contribution in [0.4, 0.5) is 5.88 Å². The average Bonchev–Trinajstić information content (AvgIpc) is 2.83. The molecule has 6 heteroatoms. The normalized spacial score (nSPS) is 10.0. The van der Waals surface area contributed by atoms with E-state index < -0.39 is 5.97 Å². The van der Waals surface area contributed by atoms with Gasteiger partial charge in [-0.3, -0.25) is 10.1 Å². The fourth-order valence-corrected chi connectivity index (χ4v) is 1.48. The van der Waals surface area contributed by atoms with E-state index in [4.69, 9.17) is 4.52 Å². The molecule has 0 bridgehead atoms. The first-order chi connectivity index (χ1) is 9.10. The van der Waals surface area contributed by atoms with Gasteiger partial charge in [0.05, 0.1) is 18.4 Å². The fourth-order valence-electron chi connectivity index (χ4n) is 1.48. The number of carbonyl (C=O) groups is 2. The molecule has 98 valence electrons. The van der Waals surface area contributed by atoms with Crippen molar-refractivity contribution in [3.63, 3.8) is 0 Å². The molecular formula is C13H12N2O4. The summed E-state index contributed by atoms with van der Waals surface area (Å²) in [4.78, 5) is 23.1. The van der Waals surface area contributed by atoms with Gasteiger partial charge in [0.1, 0.15) is 0 Å². The molecule has 1 amide bonds. The first-order valence-corrected chi connectivity index (χ1v) is 5.53. The molecule has 1 aromatic carbocycles. The smallest absolute Gasteiger partial charge is 0.337 e. The van der Waals surface area contributed by atoms with E-state index in [0.717, 1.165) is 0 Å². The van der Waals surface area contributed by atoms with Crippen molar-refractivity contribution in [1.29, 1.82) is 0 Å². The zero-order chi connectivity index (χ0) is 13.8. The highest BCUT2D eigenvalue weighted by atomic mass is 16.5. The van der Waals surface area contributed by atoms with E-state index in [9.17, 15) is 9.59 Å². The van der Waals surface area contributed by atoms with Gasteiger partial charge in [0, 0.05) is 11.6 Å². The highest BCUT2D eigenvalue weighted by Gasteiger charge is 2.11. The van der Waals surface area contributed by atoms with Crippen LogP contribution in [0.2, 0.25) is 0 Å². The largest absolute Gasteiger partial charge is 0.465 e. The van der Waals surface area contributed by atoms with Crippen molar-refractivity contribution >= 4 is 17.8 Å². The molecule has 0 spiro atoms. The van der Waals surface area contributed by atoms with Crippen LogP contribution in [-0.4, -0.2) is 24.1 Å². The summed E-state index contributed by atoms with van der Waals surface area (Å²) in [6.07, 6.45) is 0. The summed E-state index contributed by atoms with van der Waals surface area (Å²) >= 11 is 0. The summed E-state index contributed by atoms with van der Waals surface area (Å²) < 4.78 is 9.45. The van der Waals surface area contributed by atoms with Gasteiger partial charge in [0.15, 0.2) is 0 Å². The minimum atomic E-state index is -0.446. The Balaban J connectivity index is 2.09. The van der Waals surface area contributed by atoms with Crippen molar-refractivity contribution in [2.24, 2.45) is 0 Å². The molecule has 19 heavy (non-hydrogen) atoms. The first kappa shape index (κ1) is 12.8. The lowest BCUT2D eigenvalue weighted by molar-refractivity contribution is 0.0600. The van der Waals surface area contributed by atoms with Crippen LogP contribution in [0.1, 0.15) is 26.4 Å². The van der Waals surface area contributed by atoms with E-state index in [1.165, 1.54) is 31.4 Å². The lowest BCUT2D eigenvalue weighted by Gasteiger charge is -2.02. The maximum absolute atomic E-state index is 11.9. The summed E-state index contributed by atoms with van der Waals surface area (Å²) in [6, 6.07) is 7.72. The van der Waals surface area contributed by atoms with Gasteiger partial charge in [-0.15, -0.1) is 0 Å². The number of esters is 1.